The molecule has 0 saturated carbocycles. The highest BCUT2D eigenvalue weighted by Gasteiger charge is 2.13. The largest absolute Gasteiger partial charge is 0.345 e. The number of hydrogen-bond acceptors (Lipinski definition) is 7. The summed E-state index contributed by atoms with van der Waals surface area (Å²) < 4.78 is 0. The Hall–Kier alpha value is -2.55. The van der Waals surface area contributed by atoms with Gasteiger partial charge in [-0.15, -0.1) is 34.4 Å². The number of amides is 1. The molecular weight excluding hydrogens is 420 g/mol. The Bertz CT molecular complexity index is 1110. The van der Waals surface area contributed by atoms with Crippen LogP contribution in [0.25, 0.3) is 11.3 Å². The molecule has 0 aliphatic rings. The monoisotopic (exact) mass is 438 g/mol. The van der Waals surface area contributed by atoms with E-state index in [1.807, 2.05) is 48.7 Å². The van der Waals surface area contributed by atoms with Crippen molar-refractivity contribution in [2.75, 3.05) is 0 Å². The third kappa shape index (κ3) is 5.09. The molecule has 0 spiro atoms. The molecule has 0 atom stereocenters. The van der Waals surface area contributed by atoms with Gasteiger partial charge in [-0.1, -0.05) is 12.1 Å². The summed E-state index contributed by atoms with van der Waals surface area (Å²) in [7, 11) is 0. The van der Waals surface area contributed by atoms with Crippen LogP contribution in [0.15, 0.2) is 64.4 Å². The second kappa shape index (κ2) is 9.30. The van der Waals surface area contributed by atoms with Crippen LogP contribution in [0, 0.1) is 6.92 Å². The van der Waals surface area contributed by atoms with E-state index in [0.29, 0.717) is 12.1 Å². The molecular formula is C21H18N4OS3. The standard InChI is InChI=1S/C21H18N4OS3/c1-14-24-16(11-27-14)12-28-19-5-3-2-4-17(19)21(26)23-10-20-25-18(13-29-20)15-6-8-22-9-7-15/h2-9,11,13H,10,12H2,1H3,(H,23,26). The topological polar surface area (TPSA) is 67.8 Å². The Kier molecular flexibility index (Phi) is 6.33. The number of rotatable bonds is 7. The highest BCUT2D eigenvalue weighted by atomic mass is 32.2. The van der Waals surface area contributed by atoms with Crippen molar-refractivity contribution >= 4 is 40.3 Å². The van der Waals surface area contributed by atoms with Crippen molar-refractivity contribution in [2.45, 2.75) is 24.1 Å². The minimum atomic E-state index is -0.0942. The molecule has 4 aromatic rings. The van der Waals surface area contributed by atoms with E-state index in [1.54, 1.807) is 35.5 Å². The number of nitrogens with zero attached hydrogens (tertiary/aromatic N) is 3. The average molecular weight is 439 g/mol. The summed E-state index contributed by atoms with van der Waals surface area (Å²) in [6, 6.07) is 11.5. The van der Waals surface area contributed by atoms with Crippen LogP contribution < -0.4 is 5.32 Å². The number of aromatic nitrogens is 3. The number of benzene rings is 1. The Morgan fingerprint density at radius 1 is 1.07 bits per heavy atom. The maximum absolute atomic E-state index is 12.8. The summed E-state index contributed by atoms with van der Waals surface area (Å²) in [5.41, 5.74) is 3.64. The van der Waals surface area contributed by atoms with E-state index in [0.717, 1.165) is 37.6 Å². The summed E-state index contributed by atoms with van der Waals surface area (Å²) in [6.07, 6.45) is 3.50. The molecule has 4 rings (SSSR count). The molecule has 0 bridgehead atoms. The minimum absolute atomic E-state index is 0.0942. The third-order valence-electron chi connectivity index (χ3n) is 4.10. The van der Waals surface area contributed by atoms with Crippen molar-refractivity contribution in [2.24, 2.45) is 0 Å². The van der Waals surface area contributed by atoms with Crippen LogP contribution in [0.3, 0.4) is 0 Å². The van der Waals surface area contributed by atoms with Gasteiger partial charge in [0.2, 0.25) is 0 Å². The van der Waals surface area contributed by atoms with Crippen molar-refractivity contribution in [3.05, 3.63) is 80.8 Å². The molecule has 0 unspecified atom stereocenters. The fourth-order valence-corrected chi connectivity index (χ4v) is 5.11. The lowest BCUT2D eigenvalue weighted by Crippen LogP contribution is -2.23. The Labute approximate surface area is 181 Å². The predicted octanol–water partition coefficient (Wildman–Crippen LogP) is 5.19. The van der Waals surface area contributed by atoms with Gasteiger partial charge in [-0.3, -0.25) is 9.78 Å². The summed E-state index contributed by atoms with van der Waals surface area (Å²) >= 11 is 4.81. The van der Waals surface area contributed by atoms with Gasteiger partial charge < -0.3 is 5.32 Å². The summed E-state index contributed by atoms with van der Waals surface area (Å²) in [5, 5.41) is 8.98. The first-order chi connectivity index (χ1) is 14.2. The van der Waals surface area contributed by atoms with E-state index in [9.17, 15) is 4.79 Å². The minimum Gasteiger partial charge on any atom is -0.345 e. The molecule has 1 amide bonds. The van der Waals surface area contributed by atoms with Gasteiger partial charge >= 0.3 is 0 Å². The highest BCUT2D eigenvalue weighted by molar-refractivity contribution is 7.98. The molecule has 1 aromatic carbocycles. The third-order valence-corrected chi connectivity index (χ3v) is 6.88. The number of thiazole rings is 2. The first-order valence-electron chi connectivity index (χ1n) is 8.95. The fraction of sp³-hybridized carbons (Fsp3) is 0.143. The second-order valence-electron chi connectivity index (χ2n) is 6.19. The van der Waals surface area contributed by atoms with Crippen LogP contribution in [0.1, 0.15) is 26.1 Å². The molecule has 146 valence electrons. The van der Waals surface area contributed by atoms with Crippen molar-refractivity contribution in [3.63, 3.8) is 0 Å². The average Bonchev–Trinajstić information content (AvgIpc) is 3.40. The number of nitrogens with one attached hydrogen (secondary N) is 1. The molecule has 3 aromatic heterocycles. The van der Waals surface area contributed by atoms with Gasteiger partial charge in [0.15, 0.2) is 0 Å². The number of carbonyl (C=O) groups excluding carboxylic acids is 1. The lowest BCUT2D eigenvalue weighted by atomic mass is 10.2. The van der Waals surface area contributed by atoms with Gasteiger partial charge in [-0.2, -0.15) is 0 Å². The smallest absolute Gasteiger partial charge is 0.252 e. The van der Waals surface area contributed by atoms with Crippen LogP contribution in [0.4, 0.5) is 0 Å². The number of carbonyl (C=O) groups is 1. The van der Waals surface area contributed by atoms with Crippen LogP contribution in [0.5, 0.6) is 0 Å². The van der Waals surface area contributed by atoms with Gasteiger partial charge in [0.1, 0.15) is 5.01 Å². The van der Waals surface area contributed by atoms with Gasteiger partial charge in [-0.25, -0.2) is 9.97 Å². The Balaban J connectivity index is 1.39. The molecule has 0 fully saturated rings. The van der Waals surface area contributed by atoms with Crippen molar-refractivity contribution in [1.29, 1.82) is 0 Å². The first kappa shape index (κ1) is 19.8. The maximum atomic E-state index is 12.8. The summed E-state index contributed by atoms with van der Waals surface area (Å²) in [5.74, 6) is 0.652. The number of thioether (sulfide) groups is 1. The van der Waals surface area contributed by atoms with E-state index >= 15 is 0 Å². The second-order valence-corrected chi connectivity index (χ2v) is 9.21. The van der Waals surface area contributed by atoms with Gasteiger partial charge in [-0.05, 0) is 31.2 Å². The van der Waals surface area contributed by atoms with Gasteiger partial charge in [0.25, 0.3) is 5.91 Å². The summed E-state index contributed by atoms with van der Waals surface area (Å²) in [4.78, 5) is 26.8. The van der Waals surface area contributed by atoms with Crippen LogP contribution in [0.2, 0.25) is 0 Å². The quantitative estimate of drug-likeness (QED) is 0.402. The van der Waals surface area contributed by atoms with Crippen LogP contribution >= 0.6 is 34.4 Å². The fourth-order valence-electron chi connectivity index (χ4n) is 2.70. The van der Waals surface area contributed by atoms with Crippen molar-refractivity contribution in [3.8, 4) is 11.3 Å². The zero-order valence-electron chi connectivity index (χ0n) is 15.7. The molecule has 0 radical (unpaired) electrons. The highest BCUT2D eigenvalue weighted by Crippen LogP contribution is 2.27. The molecule has 0 aliphatic carbocycles. The van der Waals surface area contributed by atoms with Crippen LogP contribution in [-0.2, 0) is 12.3 Å². The van der Waals surface area contributed by atoms with E-state index in [1.165, 1.54) is 11.3 Å². The molecule has 0 saturated heterocycles. The Morgan fingerprint density at radius 2 is 1.90 bits per heavy atom. The zero-order valence-corrected chi connectivity index (χ0v) is 18.1. The van der Waals surface area contributed by atoms with Crippen LogP contribution in [-0.4, -0.2) is 20.9 Å². The number of pyridine rings is 1. The molecule has 29 heavy (non-hydrogen) atoms. The summed E-state index contributed by atoms with van der Waals surface area (Å²) in [6.45, 7) is 2.40. The van der Waals surface area contributed by atoms with Crippen molar-refractivity contribution in [1.82, 2.24) is 20.3 Å². The normalized spacial score (nSPS) is 10.8. The van der Waals surface area contributed by atoms with E-state index < -0.39 is 0 Å². The number of hydrogen-bond donors (Lipinski definition) is 1. The SMILES string of the molecule is Cc1nc(CSc2ccccc2C(=O)NCc2nc(-c3ccncc3)cs2)cs1. The molecule has 5 nitrogen and oxygen atoms in total. The zero-order chi connectivity index (χ0) is 20.1. The van der Waals surface area contributed by atoms with E-state index in [2.05, 4.69) is 25.6 Å². The number of aryl methyl sites for hydroxylation is 1. The molecule has 3 heterocycles. The lowest BCUT2D eigenvalue weighted by molar-refractivity contribution is 0.0948. The molecule has 0 aliphatic heterocycles. The van der Waals surface area contributed by atoms with Gasteiger partial charge in [0.05, 0.1) is 28.5 Å². The first-order valence-corrected chi connectivity index (χ1v) is 11.7. The molecule has 1 N–H and O–H groups in total. The van der Waals surface area contributed by atoms with Gasteiger partial charge in [0, 0.05) is 39.4 Å². The maximum Gasteiger partial charge on any atom is 0.252 e. The lowest BCUT2D eigenvalue weighted by Gasteiger charge is -2.08. The predicted molar refractivity (Wildman–Crippen MR) is 119 cm³/mol. The van der Waals surface area contributed by atoms with E-state index in [-0.39, 0.29) is 5.91 Å². The van der Waals surface area contributed by atoms with Crippen molar-refractivity contribution < 1.29 is 4.79 Å². The Morgan fingerprint density at radius 3 is 2.69 bits per heavy atom. The van der Waals surface area contributed by atoms with E-state index in [4.69, 9.17) is 0 Å². The molecule has 8 heteroatoms.